The van der Waals surface area contributed by atoms with Gasteiger partial charge in [-0.15, -0.1) is 0 Å². The van der Waals surface area contributed by atoms with E-state index < -0.39 is 11.9 Å². The van der Waals surface area contributed by atoms with Gasteiger partial charge in [-0.3, -0.25) is 4.79 Å². The van der Waals surface area contributed by atoms with Crippen molar-refractivity contribution in [2.24, 2.45) is 5.92 Å². The molecule has 0 aromatic carbocycles. The highest BCUT2D eigenvalue weighted by molar-refractivity contribution is 5.93. The van der Waals surface area contributed by atoms with Crippen molar-refractivity contribution >= 4 is 11.9 Å². The Hall–Kier alpha value is -1.32. The lowest BCUT2D eigenvalue weighted by atomic mass is 10.1. The predicted molar refractivity (Wildman–Crippen MR) is 60.8 cm³/mol. The van der Waals surface area contributed by atoms with Crippen molar-refractivity contribution in [1.82, 2.24) is 0 Å². The van der Waals surface area contributed by atoms with E-state index in [9.17, 15) is 9.59 Å². The summed E-state index contributed by atoms with van der Waals surface area (Å²) in [5, 5.41) is 0. The fourth-order valence-electron chi connectivity index (χ4n) is 1.19. The second-order valence-electron chi connectivity index (χ2n) is 3.64. The molecule has 0 aliphatic carbocycles. The minimum absolute atomic E-state index is 0.0230. The van der Waals surface area contributed by atoms with Crippen LogP contribution in [0.15, 0.2) is 11.6 Å². The van der Waals surface area contributed by atoms with Crippen molar-refractivity contribution in [1.29, 1.82) is 0 Å². The Balaban J connectivity index is 4.56. The molecule has 0 atom stereocenters. The van der Waals surface area contributed by atoms with Gasteiger partial charge in [-0.2, -0.15) is 0 Å². The third-order valence-corrected chi connectivity index (χ3v) is 1.71. The molecule has 0 radical (unpaired) electrons. The lowest BCUT2D eigenvalue weighted by molar-refractivity contribution is -0.145. The number of carbonyl (C=O) groups excluding carboxylic acids is 2. The number of esters is 2. The van der Waals surface area contributed by atoms with E-state index >= 15 is 0 Å². The molecule has 0 heterocycles. The average Bonchev–Trinajstić information content (AvgIpc) is 2.16. The van der Waals surface area contributed by atoms with Gasteiger partial charge in [0, 0.05) is 5.57 Å². The molecule has 0 amide bonds. The van der Waals surface area contributed by atoms with Gasteiger partial charge in [0.25, 0.3) is 0 Å². The zero-order valence-electron chi connectivity index (χ0n) is 10.4. The van der Waals surface area contributed by atoms with Crippen LogP contribution in [-0.4, -0.2) is 25.2 Å². The van der Waals surface area contributed by atoms with E-state index in [2.05, 4.69) is 0 Å². The second-order valence-corrected chi connectivity index (χ2v) is 3.64. The van der Waals surface area contributed by atoms with Crippen molar-refractivity contribution < 1.29 is 19.1 Å². The molecule has 16 heavy (non-hydrogen) atoms. The normalized spacial score (nSPS) is 11.4. The summed E-state index contributed by atoms with van der Waals surface area (Å²) in [5.41, 5.74) is 0.371. The standard InChI is InChI=1S/C12H20O4/c1-5-15-11(13)8-10(7-9(3)4)12(14)16-6-2/h7,9H,5-6,8H2,1-4H3/b10-7-. The van der Waals surface area contributed by atoms with E-state index in [4.69, 9.17) is 9.47 Å². The van der Waals surface area contributed by atoms with Crippen LogP contribution in [0, 0.1) is 5.92 Å². The molecular weight excluding hydrogens is 208 g/mol. The summed E-state index contributed by atoms with van der Waals surface area (Å²) in [4.78, 5) is 22.8. The van der Waals surface area contributed by atoms with Crippen LogP contribution >= 0.6 is 0 Å². The molecule has 0 saturated heterocycles. The van der Waals surface area contributed by atoms with E-state index in [1.165, 1.54) is 0 Å². The van der Waals surface area contributed by atoms with E-state index in [1.54, 1.807) is 19.9 Å². The van der Waals surface area contributed by atoms with Crippen molar-refractivity contribution in [2.45, 2.75) is 34.1 Å². The lowest BCUT2D eigenvalue weighted by Gasteiger charge is -2.08. The zero-order valence-corrected chi connectivity index (χ0v) is 10.4. The molecule has 4 nitrogen and oxygen atoms in total. The van der Waals surface area contributed by atoms with Gasteiger partial charge in [-0.25, -0.2) is 4.79 Å². The van der Waals surface area contributed by atoms with Crippen LogP contribution in [0.4, 0.5) is 0 Å². The van der Waals surface area contributed by atoms with Gasteiger partial charge >= 0.3 is 11.9 Å². The van der Waals surface area contributed by atoms with E-state index in [-0.39, 0.29) is 12.3 Å². The molecule has 0 rings (SSSR count). The molecule has 0 saturated carbocycles. The second kappa shape index (κ2) is 7.91. The molecular formula is C12H20O4. The van der Waals surface area contributed by atoms with Gasteiger partial charge in [-0.1, -0.05) is 19.9 Å². The minimum Gasteiger partial charge on any atom is -0.466 e. The molecule has 92 valence electrons. The van der Waals surface area contributed by atoms with Crippen LogP contribution in [0.25, 0.3) is 0 Å². The molecule has 0 fully saturated rings. The fourth-order valence-corrected chi connectivity index (χ4v) is 1.19. The first-order chi connectivity index (χ1) is 7.51. The fraction of sp³-hybridized carbons (Fsp3) is 0.667. The maximum absolute atomic E-state index is 11.5. The summed E-state index contributed by atoms with van der Waals surface area (Å²) in [6.07, 6.45) is 1.71. The Labute approximate surface area is 96.6 Å². The Morgan fingerprint density at radius 1 is 1.12 bits per heavy atom. The van der Waals surface area contributed by atoms with Crippen molar-refractivity contribution in [2.75, 3.05) is 13.2 Å². The summed E-state index contributed by atoms with van der Waals surface area (Å²) in [6, 6.07) is 0. The van der Waals surface area contributed by atoms with Gasteiger partial charge in [0.2, 0.25) is 0 Å². The zero-order chi connectivity index (χ0) is 12.6. The molecule has 0 spiro atoms. The number of allylic oxidation sites excluding steroid dienone is 1. The maximum atomic E-state index is 11.5. The summed E-state index contributed by atoms with van der Waals surface area (Å²) in [6.45, 7) is 7.95. The summed E-state index contributed by atoms with van der Waals surface area (Å²) >= 11 is 0. The Kier molecular flexibility index (Phi) is 7.25. The van der Waals surface area contributed by atoms with E-state index in [0.29, 0.717) is 18.8 Å². The molecule has 0 aliphatic rings. The number of ether oxygens (including phenoxy) is 2. The van der Waals surface area contributed by atoms with Crippen molar-refractivity contribution in [3.8, 4) is 0 Å². The lowest BCUT2D eigenvalue weighted by Crippen LogP contribution is -2.14. The first kappa shape index (κ1) is 14.7. The summed E-state index contributed by atoms with van der Waals surface area (Å²) in [7, 11) is 0. The highest BCUT2D eigenvalue weighted by atomic mass is 16.5. The molecule has 0 aromatic rings. The van der Waals surface area contributed by atoms with Crippen LogP contribution in [0.3, 0.4) is 0 Å². The SMILES string of the molecule is CCOC(=O)C/C(=C/C(C)C)C(=O)OCC. The Bertz CT molecular complexity index is 266. The number of hydrogen-bond acceptors (Lipinski definition) is 4. The third-order valence-electron chi connectivity index (χ3n) is 1.71. The molecule has 0 bridgehead atoms. The van der Waals surface area contributed by atoms with Crippen LogP contribution in [0.2, 0.25) is 0 Å². The topological polar surface area (TPSA) is 52.6 Å². The van der Waals surface area contributed by atoms with Gasteiger partial charge in [0.15, 0.2) is 0 Å². The molecule has 0 aromatic heterocycles. The summed E-state index contributed by atoms with van der Waals surface area (Å²) < 4.78 is 9.66. The quantitative estimate of drug-likeness (QED) is 0.516. The van der Waals surface area contributed by atoms with Crippen LogP contribution in [-0.2, 0) is 19.1 Å². The molecule has 0 N–H and O–H groups in total. The molecule has 0 unspecified atom stereocenters. The molecule has 0 aliphatic heterocycles. The van der Waals surface area contributed by atoms with Crippen LogP contribution in [0.1, 0.15) is 34.1 Å². The first-order valence-corrected chi connectivity index (χ1v) is 5.54. The van der Waals surface area contributed by atoms with Crippen LogP contribution < -0.4 is 0 Å². The Morgan fingerprint density at radius 3 is 2.12 bits per heavy atom. The molecule has 4 heteroatoms. The van der Waals surface area contributed by atoms with Crippen molar-refractivity contribution in [3.63, 3.8) is 0 Å². The number of carbonyl (C=O) groups is 2. The highest BCUT2D eigenvalue weighted by Crippen LogP contribution is 2.10. The van der Waals surface area contributed by atoms with Gasteiger partial charge in [-0.05, 0) is 19.8 Å². The first-order valence-electron chi connectivity index (χ1n) is 5.54. The summed E-state index contributed by atoms with van der Waals surface area (Å²) in [5.74, 6) is -0.652. The van der Waals surface area contributed by atoms with Crippen LogP contribution in [0.5, 0.6) is 0 Å². The average molecular weight is 228 g/mol. The van der Waals surface area contributed by atoms with Gasteiger partial charge < -0.3 is 9.47 Å². The Morgan fingerprint density at radius 2 is 1.69 bits per heavy atom. The predicted octanol–water partition coefficient (Wildman–Crippen LogP) is 2.09. The third kappa shape index (κ3) is 6.22. The monoisotopic (exact) mass is 228 g/mol. The van der Waals surface area contributed by atoms with E-state index in [0.717, 1.165) is 0 Å². The number of rotatable bonds is 6. The maximum Gasteiger partial charge on any atom is 0.334 e. The smallest absolute Gasteiger partial charge is 0.334 e. The minimum atomic E-state index is -0.441. The highest BCUT2D eigenvalue weighted by Gasteiger charge is 2.16. The van der Waals surface area contributed by atoms with Crippen molar-refractivity contribution in [3.05, 3.63) is 11.6 Å². The van der Waals surface area contributed by atoms with E-state index in [1.807, 2.05) is 13.8 Å². The largest absolute Gasteiger partial charge is 0.466 e. The number of hydrogen-bond donors (Lipinski definition) is 0. The van der Waals surface area contributed by atoms with Gasteiger partial charge in [0.05, 0.1) is 19.6 Å². The van der Waals surface area contributed by atoms with Gasteiger partial charge in [0.1, 0.15) is 0 Å².